The van der Waals surface area contributed by atoms with E-state index in [4.69, 9.17) is 4.74 Å². The number of halogens is 2. The maximum Gasteiger partial charge on any atom is 0.288 e. The average molecular weight is 303 g/mol. The Morgan fingerprint density at radius 3 is 2.50 bits per heavy atom. The van der Waals surface area contributed by atoms with Crippen molar-refractivity contribution in [1.82, 2.24) is 5.32 Å². The Bertz CT molecular complexity index is 410. The highest BCUT2D eigenvalue weighted by Gasteiger charge is 2.08. The van der Waals surface area contributed by atoms with E-state index in [1.54, 1.807) is 12.1 Å². The van der Waals surface area contributed by atoms with Gasteiger partial charge in [0.1, 0.15) is 0 Å². The van der Waals surface area contributed by atoms with Crippen LogP contribution < -0.4 is 5.32 Å². The van der Waals surface area contributed by atoms with Crippen LogP contribution in [-0.2, 0) is 4.74 Å². The number of amides is 1. The van der Waals surface area contributed by atoms with Crippen LogP contribution in [0.15, 0.2) is 29.2 Å². The molecular weight excluding hydrogens is 284 g/mol. The van der Waals surface area contributed by atoms with Crippen molar-refractivity contribution in [2.24, 2.45) is 0 Å². The van der Waals surface area contributed by atoms with Crippen LogP contribution in [0.3, 0.4) is 0 Å². The number of nitrogens with one attached hydrogen (secondary N) is 1. The summed E-state index contributed by atoms with van der Waals surface area (Å²) < 4.78 is 29.7. The number of benzene rings is 1. The van der Waals surface area contributed by atoms with E-state index in [0.29, 0.717) is 35.4 Å². The summed E-state index contributed by atoms with van der Waals surface area (Å²) in [6, 6.07) is 6.14. The molecule has 0 radical (unpaired) electrons. The summed E-state index contributed by atoms with van der Waals surface area (Å²) in [6.45, 7) is 5.04. The molecule has 0 saturated heterocycles. The van der Waals surface area contributed by atoms with Crippen LogP contribution in [0.5, 0.6) is 0 Å². The van der Waals surface area contributed by atoms with Gasteiger partial charge in [-0.1, -0.05) is 11.8 Å². The highest BCUT2D eigenvalue weighted by atomic mass is 32.2. The van der Waals surface area contributed by atoms with Crippen LogP contribution in [0, 0.1) is 0 Å². The van der Waals surface area contributed by atoms with Gasteiger partial charge in [0.15, 0.2) is 0 Å². The topological polar surface area (TPSA) is 38.3 Å². The van der Waals surface area contributed by atoms with Gasteiger partial charge in [0.2, 0.25) is 0 Å². The van der Waals surface area contributed by atoms with Gasteiger partial charge >= 0.3 is 0 Å². The molecule has 20 heavy (non-hydrogen) atoms. The molecule has 1 amide bonds. The third-order valence-electron chi connectivity index (χ3n) is 2.40. The number of carbonyl (C=O) groups excluding carboxylic acids is 1. The highest BCUT2D eigenvalue weighted by molar-refractivity contribution is 7.99. The molecule has 1 rings (SSSR count). The molecule has 0 fully saturated rings. The molecule has 1 N–H and O–H groups in total. The second-order valence-corrected chi connectivity index (χ2v) is 5.50. The summed E-state index contributed by atoms with van der Waals surface area (Å²) in [4.78, 5) is 12.2. The number of hydrogen-bond donors (Lipinski definition) is 1. The third kappa shape index (κ3) is 6.86. The zero-order chi connectivity index (χ0) is 15.0. The first kappa shape index (κ1) is 16.9. The predicted molar refractivity (Wildman–Crippen MR) is 76.3 cm³/mol. The highest BCUT2D eigenvalue weighted by Crippen LogP contribution is 2.25. The Morgan fingerprint density at radius 1 is 1.30 bits per heavy atom. The lowest BCUT2D eigenvalue weighted by atomic mass is 10.2. The first-order chi connectivity index (χ1) is 9.49. The van der Waals surface area contributed by atoms with Gasteiger partial charge in [-0.05, 0) is 44.5 Å². The van der Waals surface area contributed by atoms with Gasteiger partial charge in [-0.2, -0.15) is 8.78 Å². The quantitative estimate of drug-likeness (QED) is 0.589. The van der Waals surface area contributed by atoms with Gasteiger partial charge in [-0.25, -0.2) is 0 Å². The van der Waals surface area contributed by atoms with E-state index in [1.165, 1.54) is 12.1 Å². The molecule has 6 heteroatoms. The van der Waals surface area contributed by atoms with E-state index in [2.05, 4.69) is 5.32 Å². The van der Waals surface area contributed by atoms with Gasteiger partial charge in [-0.15, -0.1) is 0 Å². The van der Waals surface area contributed by atoms with E-state index in [0.717, 1.165) is 6.42 Å². The Balaban J connectivity index is 2.32. The molecule has 0 bridgehead atoms. The van der Waals surface area contributed by atoms with E-state index in [-0.39, 0.29) is 12.0 Å². The standard InChI is InChI=1S/C14H19F2NO2S/c1-10(2)19-9-3-8-17-13(18)11-4-6-12(7-5-11)20-14(15)16/h4-7,10,14H,3,8-9H2,1-2H3,(H,17,18). The fourth-order valence-electron chi connectivity index (χ4n) is 1.48. The fraction of sp³-hybridized carbons (Fsp3) is 0.500. The first-order valence-electron chi connectivity index (χ1n) is 6.43. The van der Waals surface area contributed by atoms with Crippen LogP contribution in [0.4, 0.5) is 8.78 Å². The van der Waals surface area contributed by atoms with E-state index in [9.17, 15) is 13.6 Å². The number of carbonyl (C=O) groups is 1. The van der Waals surface area contributed by atoms with Gasteiger partial charge in [0.25, 0.3) is 11.7 Å². The SMILES string of the molecule is CC(C)OCCCNC(=O)c1ccc(SC(F)F)cc1. The number of rotatable bonds is 8. The molecule has 0 aliphatic carbocycles. The number of thioether (sulfide) groups is 1. The normalized spacial score (nSPS) is 11.1. The van der Waals surface area contributed by atoms with E-state index >= 15 is 0 Å². The molecule has 0 aromatic heterocycles. The molecule has 0 aliphatic heterocycles. The second-order valence-electron chi connectivity index (χ2n) is 4.43. The monoisotopic (exact) mass is 303 g/mol. The first-order valence-corrected chi connectivity index (χ1v) is 7.31. The van der Waals surface area contributed by atoms with Gasteiger partial charge in [0.05, 0.1) is 6.10 Å². The lowest BCUT2D eigenvalue weighted by Crippen LogP contribution is -2.25. The van der Waals surface area contributed by atoms with Crippen LogP contribution in [0.1, 0.15) is 30.6 Å². The molecule has 0 unspecified atom stereocenters. The zero-order valence-electron chi connectivity index (χ0n) is 11.6. The average Bonchev–Trinajstić information content (AvgIpc) is 2.38. The van der Waals surface area contributed by atoms with Crippen LogP contribution >= 0.6 is 11.8 Å². The smallest absolute Gasteiger partial charge is 0.288 e. The van der Waals surface area contributed by atoms with Crippen molar-refractivity contribution in [3.05, 3.63) is 29.8 Å². The molecule has 1 aromatic rings. The minimum atomic E-state index is -2.45. The van der Waals surface area contributed by atoms with Crippen molar-refractivity contribution in [3.63, 3.8) is 0 Å². The Morgan fingerprint density at radius 2 is 1.95 bits per heavy atom. The summed E-state index contributed by atoms with van der Waals surface area (Å²) in [5, 5.41) is 2.76. The van der Waals surface area contributed by atoms with Crippen molar-refractivity contribution < 1.29 is 18.3 Å². The molecule has 0 atom stereocenters. The summed E-state index contributed by atoms with van der Waals surface area (Å²) >= 11 is 0.464. The second kappa shape index (κ2) is 8.92. The van der Waals surface area contributed by atoms with E-state index in [1.807, 2.05) is 13.8 Å². The maximum atomic E-state index is 12.1. The summed E-state index contributed by atoms with van der Waals surface area (Å²) in [7, 11) is 0. The Hall–Kier alpha value is -1.14. The van der Waals surface area contributed by atoms with Gasteiger partial charge in [-0.3, -0.25) is 4.79 Å². The fourth-order valence-corrected chi connectivity index (χ4v) is 1.98. The largest absolute Gasteiger partial charge is 0.379 e. The molecule has 1 aromatic carbocycles. The van der Waals surface area contributed by atoms with Gasteiger partial charge < -0.3 is 10.1 Å². The number of ether oxygens (including phenoxy) is 1. The Kier molecular flexibility index (Phi) is 7.54. The van der Waals surface area contributed by atoms with E-state index < -0.39 is 5.76 Å². The van der Waals surface area contributed by atoms with Crippen molar-refractivity contribution in [2.75, 3.05) is 13.2 Å². The van der Waals surface area contributed by atoms with Crippen molar-refractivity contribution in [3.8, 4) is 0 Å². The number of alkyl halides is 2. The molecule has 0 aliphatic rings. The third-order valence-corrected chi connectivity index (χ3v) is 3.12. The Labute approximate surface area is 122 Å². The van der Waals surface area contributed by atoms with Crippen LogP contribution in [0.2, 0.25) is 0 Å². The lowest BCUT2D eigenvalue weighted by Gasteiger charge is -2.08. The molecular formula is C14H19F2NO2S. The lowest BCUT2D eigenvalue weighted by molar-refractivity contribution is 0.0757. The molecule has 0 saturated carbocycles. The molecule has 0 spiro atoms. The summed E-state index contributed by atoms with van der Waals surface area (Å²) in [5.41, 5.74) is 0.466. The summed E-state index contributed by atoms with van der Waals surface area (Å²) in [6.07, 6.45) is 0.925. The van der Waals surface area contributed by atoms with Gasteiger partial charge in [0, 0.05) is 23.6 Å². The number of hydrogen-bond acceptors (Lipinski definition) is 3. The molecule has 3 nitrogen and oxygen atoms in total. The maximum absolute atomic E-state index is 12.1. The van der Waals surface area contributed by atoms with Crippen molar-refractivity contribution >= 4 is 17.7 Å². The van der Waals surface area contributed by atoms with Crippen LogP contribution in [-0.4, -0.2) is 30.9 Å². The minimum Gasteiger partial charge on any atom is -0.379 e. The minimum absolute atomic E-state index is 0.186. The molecule has 112 valence electrons. The van der Waals surface area contributed by atoms with Crippen LogP contribution in [0.25, 0.3) is 0 Å². The zero-order valence-corrected chi connectivity index (χ0v) is 12.4. The van der Waals surface area contributed by atoms with Crippen molar-refractivity contribution in [1.29, 1.82) is 0 Å². The van der Waals surface area contributed by atoms with Crippen molar-refractivity contribution in [2.45, 2.75) is 37.0 Å². The predicted octanol–water partition coefficient (Wildman–Crippen LogP) is 3.55. The molecule has 0 heterocycles. The summed E-state index contributed by atoms with van der Waals surface area (Å²) in [5.74, 6) is -2.65.